The van der Waals surface area contributed by atoms with Crippen molar-refractivity contribution in [3.8, 4) is 0 Å². The van der Waals surface area contributed by atoms with Crippen molar-refractivity contribution in [3.05, 3.63) is 71.8 Å². The van der Waals surface area contributed by atoms with Gasteiger partial charge < -0.3 is 0 Å². The van der Waals surface area contributed by atoms with Gasteiger partial charge in [0.2, 0.25) is 0 Å². The molecule has 1 heteroatoms. The van der Waals surface area contributed by atoms with Gasteiger partial charge in [0, 0.05) is 0 Å². The van der Waals surface area contributed by atoms with E-state index in [9.17, 15) is 0 Å². The van der Waals surface area contributed by atoms with Crippen molar-refractivity contribution in [2.24, 2.45) is 0 Å². The number of hydrogen-bond acceptors (Lipinski definition) is 0. The number of benzene rings is 2. The van der Waals surface area contributed by atoms with Crippen LogP contribution in [-0.2, 0) is 0 Å². The summed E-state index contributed by atoms with van der Waals surface area (Å²) in [4.78, 5) is 7.11. The molecular formula is C17H20Sn. The molecule has 0 spiro atoms. The zero-order chi connectivity index (χ0) is 13.9. The molecular weight excluding hydrogens is 323 g/mol. The fourth-order valence-corrected chi connectivity index (χ4v) is 6.39. The van der Waals surface area contributed by atoms with Gasteiger partial charge in [0.25, 0.3) is 0 Å². The van der Waals surface area contributed by atoms with Crippen molar-refractivity contribution in [1.29, 1.82) is 0 Å². The van der Waals surface area contributed by atoms with Gasteiger partial charge in [-0.05, 0) is 0 Å². The van der Waals surface area contributed by atoms with Crippen molar-refractivity contribution < 1.29 is 1.37 Å². The van der Waals surface area contributed by atoms with E-state index < -0.39 is 18.4 Å². The van der Waals surface area contributed by atoms with Crippen molar-refractivity contribution in [1.82, 2.24) is 0 Å². The molecule has 2 rings (SSSR count). The Labute approximate surface area is 116 Å². The maximum absolute atomic E-state index is 8.60. The summed E-state index contributed by atoms with van der Waals surface area (Å²) < 4.78 is 9.89. The van der Waals surface area contributed by atoms with Gasteiger partial charge in [-0.15, -0.1) is 0 Å². The molecule has 0 bridgehead atoms. The molecule has 0 aliphatic heterocycles. The summed E-state index contributed by atoms with van der Waals surface area (Å²) in [6.07, 6.45) is 0. The van der Waals surface area contributed by atoms with E-state index in [2.05, 4.69) is 39.1 Å². The second-order valence-electron chi connectivity index (χ2n) is 5.48. The van der Waals surface area contributed by atoms with Crippen molar-refractivity contribution in [2.45, 2.75) is 14.8 Å². The molecule has 0 atom stereocenters. The summed E-state index contributed by atoms with van der Waals surface area (Å²) >= 11 is -2.36. The van der Waals surface area contributed by atoms with Crippen LogP contribution in [0.2, 0.25) is 14.8 Å². The van der Waals surface area contributed by atoms with Crippen LogP contribution in [0.5, 0.6) is 0 Å². The second-order valence-corrected chi connectivity index (χ2v) is 19.8. The van der Waals surface area contributed by atoms with E-state index >= 15 is 0 Å². The van der Waals surface area contributed by atoms with E-state index in [-0.39, 0.29) is 0 Å². The maximum atomic E-state index is 8.60. The van der Waals surface area contributed by atoms with Gasteiger partial charge >= 0.3 is 116 Å². The topological polar surface area (TPSA) is 0 Å². The molecule has 0 saturated heterocycles. The van der Waals surface area contributed by atoms with E-state index in [4.69, 9.17) is 1.37 Å². The second kappa shape index (κ2) is 5.75. The van der Waals surface area contributed by atoms with Crippen molar-refractivity contribution >= 4 is 28.0 Å². The van der Waals surface area contributed by atoms with Gasteiger partial charge in [-0.1, -0.05) is 0 Å². The third-order valence-electron chi connectivity index (χ3n) is 2.86. The van der Waals surface area contributed by atoms with Gasteiger partial charge in [0.15, 0.2) is 0 Å². The van der Waals surface area contributed by atoms with Crippen LogP contribution in [0.1, 0.15) is 12.5 Å². The van der Waals surface area contributed by atoms with Crippen LogP contribution < -0.4 is 0 Å². The van der Waals surface area contributed by atoms with Crippen LogP contribution in [0.4, 0.5) is 0 Å². The van der Waals surface area contributed by atoms with Gasteiger partial charge in [-0.2, -0.15) is 0 Å². The fraction of sp³-hybridized carbons (Fsp3) is 0.176. The minimum absolute atomic E-state index is 0.704. The van der Waals surface area contributed by atoms with Crippen molar-refractivity contribution in [3.63, 3.8) is 0 Å². The molecule has 0 radical (unpaired) electrons. The Morgan fingerprint density at radius 1 is 0.889 bits per heavy atom. The molecule has 2 aromatic carbocycles. The van der Waals surface area contributed by atoms with Gasteiger partial charge in [0.1, 0.15) is 0 Å². The van der Waals surface area contributed by atoms with Crippen LogP contribution in [-0.4, -0.2) is 18.4 Å². The Kier molecular flexibility index (Phi) is 3.84. The van der Waals surface area contributed by atoms with E-state index in [0.29, 0.717) is 6.05 Å². The summed E-state index contributed by atoms with van der Waals surface area (Å²) in [6.45, 7) is 0. The van der Waals surface area contributed by atoms with E-state index in [1.807, 2.05) is 36.4 Å². The summed E-state index contributed by atoms with van der Waals surface area (Å²) in [5, 5.41) is 0. The Morgan fingerprint density at radius 3 is 1.89 bits per heavy atom. The molecule has 0 amide bonds. The van der Waals surface area contributed by atoms with Gasteiger partial charge in [-0.25, -0.2) is 0 Å². The Hall–Kier alpha value is -1.02. The van der Waals surface area contributed by atoms with Crippen LogP contribution >= 0.6 is 0 Å². The molecule has 0 aliphatic carbocycles. The summed E-state index contributed by atoms with van der Waals surface area (Å²) in [6, 6.07) is 21.2. The zero-order valence-electron chi connectivity index (χ0n) is 12.3. The third-order valence-corrected chi connectivity index (χ3v) is 8.32. The first kappa shape index (κ1) is 12.0. The Morgan fingerprint density at radius 2 is 1.39 bits per heavy atom. The van der Waals surface area contributed by atoms with E-state index in [1.54, 1.807) is 0 Å². The number of rotatable bonds is 3. The third kappa shape index (κ3) is 3.49. The predicted molar refractivity (Wildman–Crippen MR) is 84.1 cm³/mol. The quantitative estimate of drug-likeness (QED) is 0.537. The van der Waals surface area contributed by atoms with Crippen LogP contribution in [0.25, 0.3) is 9.64 Å². The molecule has 18 heavy (non-hydrogen) atoms. The first-order valence-electron chi connectivity index (χ1n) is 6.82. The normalized spacial score (nSPS) is 13.8. The Balaban J connectivity index is 2.63. The van der Waals surface area contributed by atoms with Crippen LogP contribution in [0, 0.1) is 0 Å². The average molecular weight is 344 g/mol. The Bertz CT molecular complexity index is 565. The number of hydrogen-bond donors (Lipinski definition) is 0. The fourth-order valence-electron chi connectivity index (χ4n) is 1.96. The SMILES string of the molecule is [2H]/C(=[C](\c1ccccc1)[Sn]([CH3])([CH3])[CH3])c1ccccc1. The average Bonchev–Trinajstić information content (AvgIpc) is 2.39. The van der Waals surface area contributed by atoms with Gasteiger partial charge in [0.05, 0.1) is 0 Å². The molecule has 92 valence electrons. The summed E-state index contributed by atoms with van der Waals surface area (Å²) in [5.41, 5.74) is 2.24. The standard InChI is InChI=1S/C14H11.3CH3.Sn/c1-3-7-13(8-4-1)11-12-14-9-5-2-6-10-14;;;;/h1-11H;3*1H3;/i11D;;;;. The molecule has 0 unspecified atom stereocenters. The van der Waals surface area contributed by atoms with Crippen LogP contribution in [0.15, 0.2) is 60.7 Å². The minimum atomic E-state index is -2.36. The molecule has 0 aliphatic rings. The first-order chi connectivity index (χ1) is 9.00. The zero-order valence-corrected chi connectivity index (χ0v) is 14.1. The van der Waals surface area contributed by atoms with Crippen LogP contribution in [0.3, 0.4) is 0 Å². The summed E-state index contributed by atoms with van der Waals surface area (Å²) in [5.74, 6) is 0. The molecule has 2 aromatic rings. The first-order valence-corrected chi connectivity index (χ1v) is 16.3. The van der Waals surface area contributed by atoms with Crippen molar-refractivity contribution in [2.75, 3.05) is 0 Å². The monoisotopic (exact) mass is 345 g/mol. The molecule has 0 nitrogen and oxygen atoms in total. The summed E-state index contributed by atoms with van der Waals surface area (Å²) in [7, 11) is 0. The molecule has 0 heterocycles. The van der Waals surface area contributed by atoms with E-state index in [0.717, 1.165) is 5.56 Å². The van der Waals surface area contributed by atoms with Gasteiger partial charge in [-0.3, -0.25) is 0 Å². The molecule has 0 saturated carbocycles. The predicted octanol–water partition coefficient (Wildman–Crippen LogP) is 5.10. The van der Waals surface area contributed by atoms with E-state index in [1.165, 1.54) is 9.15 Å². The molecule has 0 N–H and O–H groups in total. The molecule has 0 aromatic heterocycles. The molecule has 0 fully saturated rings.